The molecule has 2 aromatic rings. The molecule has 0 aliphatic rings. The lowest BCUT2D eigenvalue weighted by Gasteiger charge is -2.17. The molecule has 2 aromatic heterocycles. The lowest BCUT2D eigenvalue weighted by atomic mass is 10.2. The third-order valence-corrected chi connectivity index (χ3v) is 3.69. The molecule has 2 rings (SSSR count). The van der Waals surface area contributed by atoms with Gasteiger partial charge < -0.3 is 4.90 Å². The van der Waals surface area contributed by atoms with Gasteiger partial charge in [-0.3, -0.25) is 14.2 Å². The average molecular weight is 296 g/mol. The maximum Gasteiger partial charge on any atom is 0.257 e. The lowest BCUT2D eigenvalue weighted by molar-refractivity contribution is 0.0781. The maximum atomic E-state index is 12.4. The quantitative estimate of drug-likeness (QED) is 0.865. The van der Waals surface area contributed by atoms with E-state index in [1.165, 1.54) is 0 Å². The minimum atomic E-state index is -0.0699. The number of carbonyl (C=O) groups is 1. The van der Waals surface area contributed by atoms with Crippen LogP contribution in [0.15, 0.2) is 12.4 Å². The molecule has 20 heavy (non-hydrogen) atoms. The summed E-state index contributed by atoms with van der Waals surface area (Å²) in [5.74, 6) is -0.0699. The first-order valence-corrected chi connectivity index (χ1v) is 6.77. The van der Waals surface area contributed by atoms with Gasteiger partial charge in [-0.15, -0.1) is 0 Å². The van der Waals surface area contributed by atoms with E-state index in [9.17, 15) is 4.79 Å². The highest BCUT2D eigenvalue weighted by molar-refractivity contribution is 6.31. The Morgan fingerprint density at radius 1 is 1.40 bits per heavy atom. The molecule has 108 valence electrons. The van der Waals surface area contributed by atoms with E-state index in [0.717, 1.165) is 17.9 Å². The van der Waals surface area contributed by atoms with Crippen LogP contribution in [0.1, 0.15) is 28.7 Å². The van der Waals surface area contributed by atoms with Crippen LogP contribution >= 0.6 is 11.6 Å². The van der Waals surface area contributed by atoms with Crippen LogP contribution < -0.4 is 0 Å². The predicted octanol–water partition coefficient (Wildman–Crippen LogP) is 1.87. The van der Waals surface area contributed by atoms with E-state index in [-0.39, 0.29) is 5.91 Å². The number of rotatable bonds is 4. The molecule has 0 spiro atoms. The molecule has 0 atom stereocenters. The molecule has 7 heteroatoms. The molecule has 0 radical (unpaired) electrons. The lowest BCUT2D eigenvalue weighted by Crippen LogP contribution is -2.27. The van der Waals surface area contributed by atoms with Crippen molar-refractivity contribution in [2.45, 2.75) is 26.9 Å². The van der Waals surface area contributed by atoms with Gasteiger partial charge >= 0.3 is 0 Å². The molecule has 1 amide bonds. The van der Waals surface area contributed by atoms with E-state index in [2.05, 4.69) is 10.2 Å². The van der Waals surface area contributed by atoms with Crippen LogP contribution in [-0.2, 0) is 20.1 Å². The summed E-state index contributed by atoms with van der Waals surface area (Å²) in [6, 6.07) is 0. The van der Waals surface area contributed by atoms with E-state index in [0.29, 0.717) is 17.1 Å². The third kappa shape index (κ3) is 2.56. The van der Waals surface area contributed by atoms with Gasteiger partial charge in [0.05, 0.1) is 35.2 Å². The van der Waals surface area contributed by atoms with E-state index in [4.69, 9.17) is 11.6 Å². The zero-order valence-electron chi connectivity index (χ0n) is 12.1. The Kier molecular flexibility index (Phi) is 4.13. The zero-order valence-corrected chi connectivity index (χ0v) is 12.8. The van der Waals surface area contributed by atoms with Crippen LogP contribution in [0.5, 0.6) is 0 Å². The Bertz CT molecular complexity index is 611. The Hall–Kier alpha value is -1.82. The normalized spacial score (nSPS) is 10.8. The smallest absolute Gasteiger partial charge is 0.257 e. The molecular formula is C13H18ClN5O. The minimum absolute atomic E-state index is 0.0699. The molecule has 2 heterocycles. The third-order valence-electron chi connectivity index (χ3n) is 3.38. The molecular weight excluding hydrogens is 278 g/mol. The molecule has 0 saturated carbocycles. The molecule has 0 bridgehead atoms. The SMILES string of the molecule is CCn1ncc(C(=O)N(C)Cc2c(Cl)cnn2C)c1C. The minimum Gasteiger partial charge on any atom is -0.336 e. The van der Waals surface area contributed by atoms with E-state index >= 15 is 0 Å². The van der Waals surface area contributed by atoms with Gasteiger partial charge in [0.1, 0.15) is 0 Å². The molecule has 0 N–H and O–H groups in total. The van der Waals surface area contributed by atoms with Crippen LogP contribution in [0.25, 0.3) is 0 Å². The number of hydrogen-bond donors (Lipinski definition) is 0. The van der Waals surface area contributed by atoms with Crippen molar-refractivity contribution in [2.75, 3.05) is 7.05 Å². The van der Waals surface area contributed by atoms with Crippen LogP contribution in [0.4, 0.5) is 0 Å². The van der Waals surface area contributed by atoms with Crippen molar-refractivity contribution in [3.05, 3.63) is 34.4 Å². The molecule has 0 aliphatic carbocycles. The molecule has 6 nitrogen and oxygen atoms in total. The summed E-state index contributed by atoms with van der Waals surface area (Å²) in [5.41, 5.74) is 2.30. The van der Waals surface area contributed by atoms with Gasteiger partial charge in [0.25, 0.3) is 5.91 Å². The number of halogens is 1. The Balaban J connectivity index is 2.19. The summed E-state index contributed by atoms with van der Waals surface area (Å²) in [7, 11) is 3.55. The number of carbonyl (C=O) groups excluding carboxylic acids is 1. The number of aryl methyl sites for hydroxylation is 2. The Morgan fingerprint density at radius 2 is 2.10 bits per heavy atom. The monoisotopic (exact) mass is 295 g/mol. The number of hydrogen-bond acceptors (Lipinski definition) is 3. The molecule has 0 aromatic carbocycles. The Labute approximate surface area is 122 Å². The highest BCUT2D eigenvalue weighted by Gasteiger charge is 2.19. The largest absolute Gasteiger partial charge is 0.336 e. The second-order valence-electron chi connectivity index (χ2n) is 4.68. The number of amides is 1. The van der Waals surface area contributed by atoms with Gasteiger partial charge in [-0.1, -0.05) is 11.6 Å². The number of nitrogens with zero attached hydrogens (tertiary/aromatic N) is 5. The topological polar surface area (TPSA) is 56.0 Å². The summed E-state index contributed by atoms with van der Waals surface area (Å²) in [5, 5.41) is 8.82. The second kappa shape index (κ2) is 5.66. The van der Waals surface area contributed by atoms with Crippen molar-refractivity contribution < 1.29 is 4.79 Å². The van der Waals surface area contributed by atoms with Crippen molar-refractivity contribution in [1.29, 1.82) is 0 Å². The van der Waals surface area contributed by atoms with Crippen LogP contribution in [0.3, 0.4) is 0 Å². The van der Waals surface area contributed by atoms with Crippen molar-refractivity contribution in [3.63, 3.8) is 0 Å². The Morgan fingerprint density at radius 3 is 2.60 bits per heavy atom. The van der Waals surface area contributed by atoms with E-state index in [1.54, 1.807) is 40.8 Å². The fourth-order valence-corrected chi connectivity index (χ4v) is 2.32. The van der Waals surface area contributed by atoms with Gasteiger partial charge in [0.15, 0.2) is 0 Å². The average Bonchev–Trinajstić information content (AvgIpc) is 2.94. The van der Waals surface area contributed by atoms with Crippen molar-refractivity contribution >= 4 is 17.5 Å². The fourth-order valence-electron chi connectivity index (χ4n) is 2.09. The molecule has 0 fully saturated rings. The number of aromatic nitrogens is 4. The zero-order chi connectivity index (χ0) is 14.9. The van der Waals surface area contributed by atoms with Gasteiger partial charge in [-0.25, -0.2) is 0 Å². The van der Waals surface area contributed by atoms with Gasteiger partial charge in [-0.2, -0.15) is 10.2 Å². The van der Waals surface area contributed by atoms with Gasteiger partial charge in [0, 0.05) is 26.3 Å². The summed E-state index contributed by atoms with van der Waals surface area (Å²) >= 11 is 6.06. The first kappa shape index (κ1) is 14.6. The maximum absolute atomic E-state index is 12.4. The standard InChI is InChI=1S/C13H18ClN5O/c1-5-19-9(2)10(6-16-19)13(20)17(3)8-12-11(14)7-15-18(12)4/h6-7H,5,8H2,1-4H3. The first-order valence-electron chi connectivity index (χ1n) is 6.40. The van der Waals surface area contributed by atoms with Crippen LogP contribution in [0.2, 0.25) is 5.02 Å². The summed E-state index contributed by atoms with van der Waals surface area (Å²) in [6.07, 6.45) is 3.19. The van der Waals surface area contributed by atoms with Gasteiger partial charge in [0.2, 0.25) is 0 Å². The van der Waals surface area contributed by atoms with Crippen LogP contribution in [0, 0.1) is 6.92 Å². The molecule has 0 saturated heterocycles. The van der Waals surface area contributed by atoms with Gasteiger partial charge in [-0.05, 0) is 13.8 Å². The van der Waals surface area contributed by atoms with Crippen molar-refractivity contribution in [1.82, 2.24) is 24.5 Å². The molecule has 0 unspecified atom stereocenters. The highest BCUT2D eigenvalue weighted by atomic mass is 35.5. The summed E-state index contributed by atoms with van der Waals surface area (Å²) in [6.45, 7) is 5.04. The first-order chi connectivity index (χ1) is 9.45. The predicted molar refractivity (Wildman–Crippen MR) is 76.7 cm³/mol. The molecule has 0 aliphatic heterocycles. The van der Waals surface area contributed by atoms with E-state index < -0.39 is 0 Å². The van der Waals surface area contributed by atoms with Crippen molar-refractivity contribution in [3.8, 4) is 0 Å². The van der Waals surface area contributed by atoms with E-state index in [1.807, 2.05) is 13.8 Å². The fraction of sp³-hybridized carbons (Fsp3) is 0.462. The van der Waals surface area contributed by atoms with Crippen LogP contribution in [-0.4, -0.2) is 37.4 Å². The summed E-state index contributed by atoms with van der Waals surface area (Å²) in [4.78, 5) is 14.1. The second-order valence-corrected chi connectivity index (χ2v) is 5.09. The van der Waals surface area contributed by atoms with Crippen molar-refractivity contribution in [2.24, 2.45) is 7.05 Å². The highest BCUT2D eigenvalue weighted by Crippen LogP contribution is 2.17. The summed E-state index contributed by atoms with van der Waals surface area (Å²) < 4.78 is 3.48.